The van der Waals surface area contributed by atoms with Crippen molar-refractivity contribution in [2.24, 2.45) is 11.8 Å². The number of likely N-dealkylation sites (tertiary alicyclic amines) is 1. The van der Waals surface area contributed by atoms with Gasteiger partial charge in [0.05, 0.1) is 0 Å². The summed E-state index contributed by atoms with van der Waals surface area (Å²) in [6.45, 7) is 3.45. The number of benzene rings is 2. The molecule has 8 heteroatoms. The molecular formula is C22H21ClFN5O. The largest absolute Gasteiger partial charge is 0.319 e. The van der Waals surface area contributed by atoms with Gasteiger partial charge < -0.3 is 9.88 Å². The third kappa shape index (κ3) is 3.70. The molecule has 5 rings (SSSR count). The quantitative estimate of drug-likeness (QED) is 0.693. The first kappa shape index (κ1) is 19.2. The maximum atomic E-state index is 13.4. The first-order valence-corrected chi connectivity index (χ1v) is 10.4. The van der Waals surface area contributed by atoms with Crippen LogP contribution in [0.3, 0.4) is 0 Å². The Morgan fingerprint density at radius 3 is 2.77 bits per heavy atom. The zero-order valence-electron chi connectivity index (χ0n) is 16.3. The fraction of sp³-hybridized carbons (Fsp3) is 0.318. The lowest BCUT2D eigenvalue weighted by Crippen LogP contribution is -2.31. The fourth-order valence-corrected chi connectivity index (χ4v) is 4.73. The summed E-state index contributed by atoms with van der Waals surface area (Å²) in [5, 5.41) is 11.9. The maximum Gasteiger partial charge on any atom is 0.293 e. The Kier molecular flexibility index (Phi) is 5.00. The minimum absolute atomic E-state index is 0.275. The molecule has 1 saturated heterocycles. The lowest BCUT2D eigenvalue weighted by atomic mass is 9.89. The summed E-state index contributed by atoms with van der Waals surface area (Å²) >= 11 is 6.33. The molecule has 3 aromatic rings. The van der Waals surface area contributed by atoms with Crippen molar-refractivity contribution in [1.82, 2.24) is 19.7 Å². The number of fused-ring (bicyclic) bond motifs is 2. The topological polar surface area (TPSA) is 63.1 Å². The number of hydrogen-bond acceptors (Lipinski definition) is 4. The highest BCUT2D eigenvalue weighted by molar-refractivity contribution is 6.31. The number of carbonyl (C=O) groups is 1. The number of rotatable bonds is 4. The SMILES string of the molecule is O=C(Nc1cccc(F)c1)c1nnc2n1CC1CN(Cc3ccccc3Cl)CC1C2. The molecule has 2 aliphatic heterocycles. The van der Waals surface area contributed by atoms with Crippen molar-refractivity contribution in [1.29, 1.82) is 0 Å². The average molecular weight is 426 g/mol. The molecule has 3 heterocycles. The van der Waals surface area contributed by atoms with Gasteiger partial charge in [-0.1, -0.05) is 35.9 Å². The Balaban J connectivity index is 1.29. The minimum Gasteiger partial charge on any atom is -0.319 e. The standard InChI is InChI=1S/C22H21ClFN5O/c23-19-7-2-1-4-14(19)10-28-11-15-8-20-26-27-21(29(20)13-16(15)12-28)22(30)25-18-6-3-5-17(24)9-18/h1-7,9,15-16H,8,10-13H2,(H,25,30). The van der Waals surface area contributed by atoms with E-state index in [9.17, 15) is 9.18 Å². The molecule has 2 aliphatic rings. The highest BCUT2D eigenvalue weighted by Gasteiger charge is 2.39. The second kappa shape index (κ2) is 7.81. The highest BCUT2D eigenvalue weighted by Crippen LogP contribution is 2.34. The molecule has 0 bridgehead atoms. The zero-order valence-corrected chi connectivity index (χ0v) is 17.0. The third-order valence-corrected chi connectivity index (χ3v) is 6.35. The fourth-order valence-electron chi connectivity index (χ4n) is 4.54. The molecular weight excluding hydrogens is 405 g/mol. The van der Waals surface area contributed by atoms with Crippen LogP contribution in [0.15, 0.2) is 48.5 Å². The number of anilines is 1. The minimum atomic E-state index is -0.400. The van der Waals surface area contributed by atoms with Gasteiger partial charge in [0.2, 0.25) is 5.82 Å². The Bertz CT molecular complexity index is 1100. The van der Waals surface area contributed by atoms with E-state index in [0.29, 0.717) is 24.1 Å². The predicted octanol–water partition coefficient (Wildman–Crippen LogP) is 3.63. The van der Waals surface area contributed by atoms with Crippen LogP contribution in [0.25, 0.3) is 0 Å². The Labute approximate surface area is 178 Å². The molecule has 0 aliphatic carbocycles. The second-order valence-electron chi connectivity index (χ2n) is 8.02. The number of aromatic nitrogens is 3. The van der Waals surface area contributed by atoms with E-state index < -0.39 is 5.82 Å². The molecule has 2 aromatic carbocycles. The van der Waals surface area contributed by atoms with Crippen LogP contribution in [-0.4, -0.2) is 38.7 Å². The van der Waals surface area contributed by atoms with Crippen molar-refractivity contribution in [3.05, 3.63) is 76.6 Å². The monoisotopic (exact) mass is 425 g/mol. The van der Waals surface area contributed by atoms with Gasteiger partial charge >= 0.3 is 0 Å². The van der Waals surface area contributed by atoms with Gasteiger partial charge in [0.25, 0.3) is 5.91 Å². The molecule has 2 unspecified atom stereocenters. The Hall–Kier alpha value is -2.77. The van der Waals surface area contributed by atoms with Crippen LogP contribution in [0.4, 0.5) is 10.1 Å². The first-order chi connectivity index (χ1) is 14.6. The van der Waals surface area contributed by atoms with E-state index in [1.165, 1.54) is 12.1 Å². The van der Waals surface area contributed by atoms with Crippen LogP contribution in [-0.2, 0) is 19.5 Å². The zero-order chi connectivity index (χ0) is 20.7. The third-order valence-electron chi connectivity index (χ3n) is 5.98. The van der Waals surface area contributed by atoms with Gasteiger partial charge in [0.1, 0.15) is 11.6 Å². The van der Waals surface area contributed by atoms with E-state index >= 15 is 0 Å². The summed E-state index contributed by atoms with van der Waals surface area (Å²) in [4.78, 5) is 15.1. The van der Waals surface area contributed by atoms with Crippen LogP contribution in [0.1, 0.15) is 22.0 Å². The van der Waals surface area contributed by atoms with Gasteiger partial charge in [-0.2, -0.15) is 0 Å². The van der Waals surface area contributed by atoms with Gasteiger partial charge in [-0.3, -0.25) is 9.69 Å². The first-order valence-electron chi connectivity index (χ1n) is 10.0. The summed E-state index contributed by atoms with van der Waals surface area (Å²) in [7, 11) is 0. The molecule has 1 aromatic heterocycles. The normalized spacial score (nSPS) is 20.6. The van der Waals surface area contributed by atoms with E-state index in [1.807, 2.05) is 22.8 Å². The number of hydrogen-bond donors (Lipinski definition) is 1. The van der Waals surface area contributed by atoms with Crippen molar-refractivity contribution in [2.75, 3.05) is 18.4 Å². The van der Waals surface area contributed by atoms with Gasteiger partial charge in [-0.05, 0) is 41.7 Å². The molecule has 1 fully saturated rings. The second-order valence-corrected chi connectivity index (χ2v) is 8.43. The molecule has 1 amide bonds. The van der Waals surface area contributed by atoms with Crippen LogP contribution >= 0.6 is 11.6 Å². The van der Waals surface area contributed by atoms with Crippen molar-refractivity contribution in [3.8, 4) is 0 Å². The smallest absolute Gasteiger partial charge is 0.293 e. The average Bonchev–Trinajstić information content (AvgIpc) is 3.30. The molecule has 2 atom stereocenters. The number of amides is 1. The lowest BCUT2D eigenvalue weighted by Gasteiger charge is -2.25. The molecule has 0 radical (unpaired) electrons. The summed E-state index contributed by atoms with van der Waals surface area (Å²) in [5.41, 5.74) is 1.53. The molecule has 154 valence electrons. The van der Waals surface area contributed by atoms with Crippen LogP contribution in [0, 0.1) is 17.7 Å². The van der Waals surface area contributed by atoms with Crippen LogP contribution in [0.5, 0.6) is 0 Å². The summed E-state index contributed by atoms with van der Waals surface area (Å²) in [5.74, 6) is 1.25. The lowest BCUT2D eigenvalue weighted by molar-refractivity contribution is 0.100. The molecule has 6 nitrogen and oxygen atoms in total. The van der Waals surface area contributed by atoms with Gasteiger partial charge in [0, 0.05) is 43.3 Å². The predicted molar refractivity (Wildman–Crippen MR) is 112 cm³/mol. The number of nitrogens with one attached hydrogen (secondary N) is 1. The van der Waals surface area contributed by atoms with Crippen molar-refractivity contribution < 1.29 is 9.18 Å². The Morgan fingerprint density at radius 2 is 1.93 bits per heavy atom. The summed E-state index contributed by atoms with van der Waals surface area (Å²) in [6.07, 6.45) is 0.796. The number of nitrogens with zero attached hydrogens (tertiary/aromatic N) is 4. The van der Waals surface area contributed by atoms with E-state index in [1.54, 1.807) is 12.1 Å². The van der Waals surface area contributed by atoms with Gasteiger partial charge in [-0.15, -0.1) is 10.2 Å². The van der Waals surface area contributed by atoms with E-state index in [2.05, 4.69) is 26.5 Å². The van der Waals surface area contributed by atoms with Crippen LogP contribution < -0.4 is 5.32 Å². The van der Waals surface area contributed by atoms with E-state index in [0.717, 1.165) is 42.5 Å². The maximum absolute atomic E-state index is 13.4. The highest BCUT2D eigenvalue weighted by atomic mass is 35.5. The van der Waals surface area contributed by atoms with Gasteiger partial charge in [0.15, 0.2) is 0 Å². The number of halogens is 2. The van der Waals surface area contributed by atoms with Crippen molar-refractivity contribution in [2.45, 2.75) is 19.5 Å². The van der Waals surface area contributed by atoms with Crippen molar-refractivity contribution >= 4 is 23.2 Å². The Morgan fingerprint density at radius 1 is 1.10 bits per heavy atom. The molecule has 0 spiro atoms. The van der Waals surface area contributed by atoms with E-state index in [-0.39, 0.29) is 11.7 Å². The molecule has 0 saturated carbocycles. The molecule has 1 N–H and O–H groups in total. The molecule has 30 heavy (non-hydrogen) atoms. The van der Waals surface area contributed by atoms with Crippen molar-refractivity contribution in [3.63, 3.8) is 0 Å². The number of carbonyl (C=O) groups excluding carboxylic acids is 1. The summed E-state index contributed by atoms with van der Waals surface area (Å²) in [6, 6.07) is 13.8. The van der Waals surface area contributed by atoms with E-state index in [4.69, 9.17) is 11.6 Å². The van der Waals surface area contributed by atoms with Crippen LogP contribution in [0.2, 0.25) is 5.02 Å². The van der Waals surface area contributed by atoms with Gasteiger partial charge in [-0.25, -0.2) is 4.39 Å². The summed E-state index contributed by atoms with van der Waals surface area (Å²) < 4.78 is 15.3.